The molecular formula is C17H22Cl3FN4O. The third kappa shape index (κ3) is 5.27. The van der Waals surface area contributed by atoms with Gasteiger partial charge >= 0.3 is 0 Å². The lowest BCUT2D eigenvalue weighted by atomic mass is 9.89. The van der Waals surface area contributed by atoms with Crippen LogP contribution in [-0.4, -0.2) is 40.9 Å². The molecule has 1 aromatic carbocycles. The fourth-order valence-corrected chi connectivity index (χ4v) is 3.06. The molecule has 144 valence electrons. The second kappa shape index (κ2) is 10.6. The van der Waals surface area contributed by atoms with Crippen LogP contribution in [0.3, 0.4) is 0 Å². The summed E-state index contributed by atoms with van der Waals surface area (Å²) in [5.41, 5.74) is 7.62. The molecule has 0 bridgehead atoms. The number of carbonyl (C=O) groups is 1. The van der Waals surface area contributed by atoms with E-state index in [0.717, 1.165) is 32.1 Å². The number of hydrogen-bond acceptors (Lipinski definition) is 4. The van der Waals surface area contributed by atoms with E-state index in [2.05, 4.69) is 21.9 Å². The highest BCUT2D eigenvalue weighted by molar-refractivity contribution is 5.99. The Balaban J connectivity index is 0.00000208. The van der Waals surface area contributed by atoms with Crippen molar-refractivity contribution in [2.45, 2.75) is 18.8 Å². The Labute approximate surface area is 170 Å². The summed E-state index contributed by atoms with van der Waals surface area (Å²) < 4.78 is 13.7. The minimum absolute atomic E-state index is 0. The molecule has 3 rings (SSSR count). The molecule has 2 N–H and O–H groups in total. The van der Waals surface area contributed by atoms with Gasteiger partial charge in [-0.05, 0) is 39.0 Å². The minimum Gasteiger partial charge on any atom is -0.366 e. The molecule has 2 heterocycles. The van der Waals surface area contributed by atoms with Gasteiger partial charge in [-0.15, -0.1) is 37.2 Å². The molecule has 26 heavy (non-hydrogen) atoms. The SMILES string of the molecule is CN1CCC(c2nc(F)cnc2-c2ccccc2C(N)=O)CC1.Cl.Cl.Cl. The Morgan fingerprint density at radius 3 is 2.42 bits per heavy atom. The van der Waals surface area contributed by atoms with Gasteiger partial charge in [0.25, 0.3) is 0 Å². The standard InChI is InChI=1S/C17H19FN4O.3ClH/c1-22-8-6-11(7-9-22)15-16(20-10-14(18)21-15)12-4-2-3-5-13(12)17(19)23;;;/h2-5,10-11H,6-9H2,1H3,(H2,19,23);3*1H. The Morgan fingerprint density at radius 1 is 1.19 bits per heavy atom. The molecule has 0 aliphatic carbocycles. The average molecular weight is 424 g/mol. The van der Waals surface area contributed by atoms with Crippen molar-refractivity contribution in [3.8, 4) is 11.3 Å². The molecule has 1 amide bonds. The average Bonchev–Trinajstić information content (AvgIpc) is 2.55. The second-order valence-corrected chi connectivity index (χ2v) is 5.91. The van der Waals surface area contributed by atoms with E-state index in [9.17, 15) is 9.18 Å². The van der Waals surface area contributed by atoms with Crippen molar-refractivity contribution >= 4 is 43.1 Å². The van der Waals surface area contributed by atoms with E-state index in [1.54, 1.807) is 18.2 Å². The molecular weight excluding hydrogens is 402 g/mol. The van der Waals surface area contributed by atoms with Crippen molar-refractivity contribution in [1.82, 2.24) is 14.9 Å². The van der Waals surface area contributed by atoms with Crippen LogP contribution >= 0.6 is 37.2 Å². The maximum atomic E-state index is 13.7. The summed E-state index contributed by atoms with van der Waals surface area (Å²) in [6, 6.07) is 6.99. The second-order valence-electron chi connectivity index (χ2n) is 5.91. The molecule has 0 atom stereocenters. The van der Waals surface area contributed by atoms with E-state index in [-0.39, 0.29) is 43.1 Å². The number of aromatic nitrogens is 2. The van der Waals surface area contributed by atoms with Gasteiger partial charge in [-0.2, -0.15) is 4.39 Å². The van der Waals surface area contributed by atoms with E-state index in [0.29, 0.717) is 22.5 Å². The molecule has 1 aromatic heterocycles. The molecule has 1 aliphatic heterocycles. The molecule has 0 spiro atoms. The maximum absolute atomic E-state index is 13.7. The fourth-order valence-electron chi connectivity index (χ4n) is 3.06. The van der Waals surface area contributed by atoms with Gasteiger partial charge in [0.15, 0.2) is 0 Å². The lowest BCUT2D eigenvalue weighted by Crippen LogP contribution is -2.30. The number of rotatable bonds is 3. The molecule has 9 heteroatoms. The van der Waals surface area contributed by atoms with Crippen molar-refractivity contribution in [1.29, 1.82) is 0 Å². The van der Waals surface area contributed by atoms with E-state index in [1.807, 2.05) is 6.07 Å². The van der Waals surface area contributed by atoms with Crippen LogP contribution in [0.2, 0.25) is 0 Å². The Bertz CT molecular complexity index is 740. The number of nitrogens with zero attached hydrogens (tertiary/aromatic N) is 3. The van der Waals surface area contributed by atoms with Crippen LogP contribution in [0.15, 0.2) is 30.5 Å². The summed E-state index contributed by atoms with van der Waals surface area (Å²) in [6.45, 7) is 1.86. The van der Waals surface area contributed by atoms with Crippen molar-refractivity contribution < 1.29 is 9.18 Å². The summed E-state index contributed by atoms with van der Waals surface area (Å²) >= 11 is 0. The van der Waals surface area contributed by atoms with Gasteiger partial charge in [-0.25, -0.2) is 9.97 Å². The zero-order chi connectivity index (χ0) is 16.4. The first-order chi connectivity index (χ1) is 11.1. The van der Waals surface area contributed by atoms with Gasteiger partial charge in [0.1, 0.15) is 0 Å². The van der Waals surface area contributed by atoms with Crippen molar-refractivity contribution in [2.24, 2.45) is 5.73 Å². The lowest BCUT2D eigenvalue weighted by molar-refractivity contribution is 0.100. The monoisotopic (exact) mass is 422 g/mol. The van der Waals surface area contributed by atoms with E-state index in [4.69, 9.17) is 5.73 Å². The molecule has 2 aromatic rings. The highest BCUT2D eigenvalue weighted by atomic mass is 35.5. The van der Waals surface area contributed by atoms with Crippen LogP contribution in [0.4, 0.5) is 4.39 Å². The maximum Gasteiger partial charge on any atom is 0.249 e. The van der Waals surface area contributed by atoms with Crippen LogP contribution in [0, 0.1) is 5.95 Å². The predicted molar refractivity (Wildman–Crippen MR) is 107 cm³/mol. The molecule has 0 radical (unpaired) electrons. The van der Waals surface area contributed by atoms with Gasteiger partial charge in [-0.1, -0.05) is 18.2 Å². The number of carbonyl (C=O) groups excluding carboxylic acids is 1. The van der Waals surface area contributed by atoms with Crippen LogP contribution in [0.5, 0.6) is 0 Å². The Hall–Kier alpha value is -1.47. The van der Waals surface area contributed by atoms with E-state index < -0.39 is 11.9 Å². The summed E-state index contributed by atoms with van der Waals surface area (Å²) in [6.07, 6.45) is 2.87. The van der Waals surface area contributed by atoms with Crippen molar-refractivity contribution in [2.75, 3.05) is 20.1 Å². The number of amides is 1. The molecule has 0 saturated carbocycles. The summed E-state index contributed by atoms with van der Waals surface area (Å²) in [5, 5.41) is 0. The Kier molecular flexibility index (Phi) is 10.0. The summed E-state index contributed by atoms with van der Waals surface area (Å²) in [4.78, 5) is 22.2. The largest absolute Gasteiger partial charge is 0.366 e. The lowest BCUT2D eigenvalue weighted by Gasteiger charge is -2.29. The highest BCUT2D eigenvalue weighted by Gasteiger charge is 2.25. The fraction of sp³-hybridized carbons (Fsp3) is 0.353. The molecule has 5 nitrogen and oxygen atoms in total. The number of primary amides is 1. The first-order valence-electron chi connectivity index (χ1n) is 7.66. The van der Waals surface area contributed by atoms with Gasteiger partial charge in [0, 0.05) is 17.0 Å². The number of benzene rings is 1. The van der Waals surface area contributed by atoms with Crippen LogP contribution < -0.4 is 5.73 Å². The summed E-state index contributed by atoms with van der Waals surface area (Å²) in [5.74, 6) is -0.995. The zero-order valence-corrected chi connectivity index (χ0v) is 16.7. The number of nitrogens with two attached hydrogens (primary N) is 1. The molecule has 1 aliphatic rings. The van der Waals surface area contributed by atoms with Gasteiger partial charge < -0.3 is 10.6 Å². The smallest absolute Gasteiger partial charge is 0.249 e. The van der Waals surface area contributed by atoms with Crippen LogP contribution in [0.1, 0.15) is 34.8 Å². The number of hydrogen-bond donors (Lipinski definition) is 1. The molecule has 0 unspecified atom stereocenters. The first kappa shape index (κ1) is 24.5. The minimum atomic E-state index is -0.598. The van der Waals surface area contributed by atoms with E-state index >= 15 is 0 Å². The van der Waals surface area contributed by atoms with Gasteiger partial charge in [0.05, 0.1) is 17.6 Å². The molecule has 1 saturated heterocycles. The van der Waals surface area contributed by atoms with Crippen LogP contribution in [0.25, 0.3) is 11.3 Å². The Morgan fingerprint density at radius 2 is 1.81 bits per heavy atom. The first-order valence-corrected chi connectivity index (χ1v) is 7.66. The van der Waals surface area contributed by atoms with Gasteiger partial charge in [0.2, 0.25) is 11.9 Å². The third-order valence-electron chi connectivity index (χ3n) is 4.32. The quantitative estimate of drug-likeness (QED) is 0.820. The normalized spacial score (nSPS) is 14.5. The third-order valence-corrected chi connectivity index (χ3v) is 4.32. The van der Waals surface area contributed by atoms with E-state index in [1.165, 1.54) is 0 Å². The summed E-state index contributed by atoms with van der Waals surface area (Å²) in [7, 11) is 2.07. The van der Waals surface area contributed by atoms with Gasteiger partial charge in [-0.3, -0.25) is 4.79 Å². The number of halogens is 4. The zero-order valence-electron chi connectivity index (χ0n) is 14.2. The van der Waals surface area contributed by atoms with Crippen LogP contribution in [-0.2, 0) is 0 Å². The topological polar surface area (TPSA) is 72.1 Å². The number of piperidine rings is 1. The molecule has 1 fully saturated rings. The number of likely N-dealkylation sites (tertiary alicyclic amines) is 1. The predicted octanol–water partition coefficient (Wildman–Crippen LogP) is 3.46. The van der Waals surface area contributed by atoms with Crippen molar-refractivity contribution in [3.05, 3.63) is 47.7 Å². The highest BCUT2D eigenvalue weighted by Crippen LogP contribution is 2.33. The van der Waals surface area contributed by atoms with Crippen molar-refractivity contribution in [3.63, 3.8) is 0 Å².